The second-order valence-electron chi connectivity index (χ2n) is 11.8. The van der Waals surface area contributed by atoms with Gasteiger partial charge in [0, 0.05) is 24.0 Å². The summed E-state index contributed by atoms with van der Waals surface area (Å²) in [6.07, 6.45) is 0.966. The lowest BCUT2D eigenvalue weighted by atomic mass is 10.0. The lowest BCUT2D eigenvalue weighted by Gasteiger charge is -2.34. The quantitative estimate of drug-likeness (QED) is 0.167. The molecule has 7 nitrogen and oxygen atoms in total. The Morgan fingerprint density at radius 2 is 1.50 bits per heavy atom. The van der Waals surface area contributed by atoms with E-state index in [1.54, 1.807) is 30.3 Å². The fourth-order valence-corrected chi connectivity index (χ4v) is 6.69. The molecule has 0 fully saturated rings. The van der Waals surface area contributed by atoms with Crippen LogP contribution in [-0.4, -0.2) is 43.8 Å². The van der Waals surface area contributed by atoms with Crippen molar-refractivity contribution in [2.75, 3.05) is 10.8 Å². The smallest absolute Gasteiger partial charge is 0.264 e. The molecule has 9 heteroatoms. The molecule has 4 aromatic carbocycles. The topological polar surface area (TPSA) is 86.8 Å². The van der Waals surface area contributed by atoms with Crippen LogP contribution in [0, 0.1) is 20.8 Å². The summed E-state index contributed by atoms with van der Waals surface area (Å²) in [5, 5.41) is 3.44. The van der Waals surface area contributed by atoms with Crippen LogP contribution in [0.25, 0.3) is 0 Å². The zero-order chi connectivity index (χ0) is 33.4. The molecule has 46 heavy (non-hydrogen) atoms. The van der Waals surface area contributed by atoms with E-state index in [-0.39, 0.29) is 35.5 Å². The van der Waals surface area contributed by atoms with Gasteiger partial charge in [-0.2, -0.15) is 0 Å². The molecule has 0 aromatic heterocycles. The number of aryl methyl sites for hydroxylation is 3. The Kier molecular flexibility index (Phi) is 11.7. The Morgan fingerprint density at radius 3 is 2.13 bits per heavy atom. The third kappa shape index (κ3) is 8.77. The molecule has 0 spiro atoms. The predicted molar refractivity (Wildman–Crippen MR) is 185 cm³/mol. The van der Waals surface area contributed by atoms with Crippen molar-refractivity contribution in [2.45, 2.75) is 71.0 Å². The molecule has 4 rings (SSSR count). The first kappa shape index (κ1) is 34.7. The minimum atomic E-state index is -4.21. The molecule has 2 amide bonds. The van der Waals surface area contributed by atoms with Crippen LogP contribution in [0.2, 0.25) is 5.02 Å². The van der Waals surface area contributed by atoms with E-state index >= 15 is 0 Å². The van der Waals surface area contributed by atoms with E-state index in [0.29, 0.717) is 11.4 Å². The summed E-state index contributed by atoms with van der Waals surface area (Å²) in [5.74, 6) is -0.820. The van der Waals surface area contributed by atoms with Gasteiger partial charge in [0.15, 0.2) is 0 Å². The predicted octanol–water partition coefficient (Wildman–Crippen LogP) is 7.02. The van der Waals surface area contributed by atoms with Crippen molar-refractivity contribution in [3.63, 3.8) is 0 Å². The van der Waals surface area contributed by atoms with Crippen LogP contribution in [0.3, 0.4) is 0 Å². The maximum atomic E-state index is 14.6. The van der Waals surface area contributed by atoms with Crippen LogP contribution < -0.4 is 9.62 Å². The van der Waals surface area contributed by atoms with Crippen molar-refractivity contribution >= 4 is 39.1 Å². The fourth-order valence-electron chi connectivity index (χ4n) is 5.11. The summed E-state index contributed by atoms with van der Waals surface area (Å²) < 4.78 is 29.5. The van der Waals surface area contributed by atoms with Crippen molar-refractivity contribution in [1.29, 1.82) is 0 Å². The number of nitrogens with one attached hydrogen (secondary N) is 1. The number of amides is 2. The van der Waals surface area contributed by atoms with Crippen LogP contribution in [0.4, 0.5) is 5.69 Å². The molecule has 0 aliphatic rings. The highest BCUT2D eigenvalue weighted by molar-refractivity contribution is 7.92. The molecule has 242 valence electrons. The first-order valence-corrected chi connectivity index (χ1v) is 17.3. The van der Waals surface area contributed by atoms with E-state index in [0.717, 1.165) is 32.1 Å². The number of halogens is 1. The second kappa shape index (κ2) is 15.4. The average molecular weight is 660 g/mol. The molecule has 0 heterocycles. The number of anilines is 1. The monoisotopic (exact) mass is 659 g/mol. The highest BCUT2D eigenvalue weighted by atomic mass is 35.5. The minimum absolute atomic E-state index is 0.0446. The normalized spacial score (nSPS) is 12.7. The van der Waals surface area contributed by atoms with Crippen molar-refractivity contribution in [2.24, 2.45) is 0 Å². The molecule has 0 saturated heterocycles. The minimum Gasteiger partial charge on any atom is -0.352 e. The lowest BCUT2D eigenvalue weighted by molar-refractivity contribution is -0.140. The van der Waals surface area contributed by atoms with Crippen molar-refractivity contribution in [1.82, 2.24) is 10.2 Å². The Balaban J connectivity index is 1.83. The number of rotatable bonds is 13. The highest BCUT2D eigenvalue weighted by Gasteiger charge is 2.35. The highest BCUT2D eigenvalue weighted by Crippen LogP contribution is 2.29. The van der Waals surface area contributed by atoms with E-state index in [2.05, 4.69) is 5.32 Å². The summed E-state index contributed by atoms with van der Waals surface area (Å²) in [4.78, 5) is 30.1. The summed E-state index contributed by atoms with van der Waals surface area (Å²) >= 11 is 6.47. The van der Waals surface area contributed by atoms with Crippen LogP contribution in [0.15, 0.2) is 102 Å². The second-order valence-corrected chi connectivity index (χ2v) is 14.1. The molecule has 2 atom stereocenters. The van der Waals surface area contributed by atoms with Crippen molar-refractivity contribution < 1.29 is 18.0 Å². The molecule has 0 saturated carbocycles. The number of carbonyl (C=O) groups excluding carboxylic acids is 2. The number of hydrogen-bond donors (Lipinski definition) is 1. The van der Waals surface area contributed by atoms with Gasteiger partial charge in [0.25, 0.3) is 10.0 Å². The number of sulfonamides is 1. The molecular formula is C37H42ClN3O4S. The van der Waals surface area contributed by atoms with E-state index in [1.807, 2.05) is 89.2 Å². The van der Waals surface area contributed by atoms with Gasteiger partial charge < -0.3 is 10.2 Å². The summed E-state index contributed by atoms with van der Waals surface area (Å²) in [7, 11) is -4.21. The van der Waals surface area contributed by atoms with Gasteiger partial charge in [-0.05, 0) is 75.1 Å². The van der Waals surface area contributed by atoms with E-state index in [4.69, 9.17) is 11.6 Å². The maximum absolute atomic E-state index is 14.6. The van der Waals surface area contributed by atoms with Gasteiger partial charge in [0.1, 0.15) is 12.6 Å². The lowest BCUT2D eigenvalue weighted by Crippen LogP contribution is -2.54. The van der Waals surface area contributed by atoms with E-state index in [9.17, 15) is 18.0 Å². The van der Waals surface area contributed by atoms with E-state index in [1.165, 1.54) is 17.0 Å². The average Bonchev–Trinajstić information content (AvgIpc) is 3.03. The Labute approximate surface area is 278 Å². The first-order chi connectivity index (χ1) is 21.9. The SMILES string of the molecule is CC[C@@H](C)NC(=O)[C@@H](Cc1ccccc1)N(Cc1cccc(C)c1)C(=O)CN(c1ccc(C)c(Cl)c1)S(=O)(=O)c1ccc(C)cc1. The first-order valence-electron chi connectivity index (χ1n) is 15.4. The van der Waals surface area contributed by atoms with Gasteiger partial charge in [-0.25, -0.2) is 8.42 Å². The van der Waals surface area contributed by atoms with Gasteiger partial charge in [0.2, 0.25) is 11.8 Å². The van der Waals surface area contributed by atoms with Crippen LogP contribution in [-0.2, 0) is 32.6 Å². The number of benzene rings is 4. The molecule has 0 aliphatic carbocycles. The van der Waals surface area contributed by atoms with Gasteiger partial charge in [-0.15, -0.1) is 0 Å². The molecule has 4 aromatic rings. The maximum Gasteiger partial charge on any atom is 0.264 e. The van der Waals surface area contributed by atoms with E-state index < -0.39 is 28.5 Å². The molecule has 1 N–H and O–H groups in total. The van der Waals surface area contributed by atoms with Crippen molar-refractivity contribution in [3.8, 4) is 0 Å². The number of nitrogens with zero attached hydrogens (tertiary/aromatic N) is 2. The molecule has 0 radical (unpaired) electrons. The van der Waals surface area contributed by atoms with Crippen LogP contribution in [0.1, 0.15) is 48.1 Å². The van der Waals surface area contributed by atoms with Crippen LogP contribution >= 0.6 is 11.6 Å². The Morgan fingerprint density at radius 1 is 0.826 bits per heavy atom. The molecule has 0 aliphatic heterocycles. The molecule has 0 unspecified atom stereocenters. The van der Waals surface area contributed by atoms with Gasteiger partial charge >= 0.3 is 0 Å². The van der Waals surface area contributed by atoms with Crippen molar-refractivity contribution in [3.05, 3.63) is 130 Å². The van der Waals surface area contributed by atoms with Gasteiger partial charge in [-0.1, -0.05) is 102 Å². The fraction of sp³-hybridized carbons (Fsp3) is 0.297. The Bertz CT molecular complexity index is 1760. The number of hydrogen-bond acceptors (Lipinski definition) is 4. The summed E-state index contributed by atoms with van der Waals surface area (Å²) in [6.45, 7) is 9.13. The third-order valence-electron chi connectivity index (χ3n) is 8.04. The van der Waals surface area contributed by atoms with Gasteiger partial charge in [0.05, 0.1) is 10.6 Å². The largest absolute Gasteiger partial charge is 0.352 e. The number of carbonyl (C=O) groups is 2. The van der Waals surface area contributed by atoms with Crippen LogP contribution in [0.5, 0.6) is 0 Å². The molecular weight excluding hydrogens is 618 g/mol. The zero-order valence-electron chi connectivity index (χ0n) is 27.0. The Hall–Kier alpha value is -4.14. The van der Waals surface area contributed by atoms with Gasteiger partial charge in [-0.3, -0.25) is 13.9 Å². The zero-order valence-corrected chi connectivity index (χ0v) is 28.6. The third-order valence-corrected chi connectivity index (χ3v) is 10.2. The standard InChI is InChI=1S/C37H42ClN3O4S/c1-6-29(5)39-37(43)35(22-30-12-8-7-9-13-30)40(24-31-14-10-11-27(3)21-31)36(42)25-41(32-18-17-28(4)34(38)23-32)46(44,45)33-19-15-26(2)16-20-33/h7-21,23,29,35H,6,22,24-25H2,1-5H3,(H,39,43)/t29-,35-/m1/s1. The molecule has 0 bridgehead atoms. The summed E-state index contributed by atoms with van der Waals surface area (Å²) in [5.41, 5.74) is 4.64. The summed E-state index contributed by atoms with van der Waals surface area (Å²) in [6, 6.07) is 27.6.